The first kappa shape index (κ1) is 16.4. The van der Waals surface area contributed by atoms with E-state index in [9.17, 15) is 4.79 Å². The maximum absolute atomic E-state index is 12.2. The number of nitrogens with one attached hydrogen (secondary N) is 2. The lowest BCUT2D eigenvalue weighted by atomic mass is 10.0. The molecule has 3 atom stereocenters. The Labute approximate surface area is 117 Å². The van der Waals surface area contributed by atoms with Crippen molar-refractivity contribution in [2.45, 2.75) is 59.0 Å². The van der Waals surface area contributed by atoms with E-state index in [1.165, 1.54) is 12.8 Å². The number of ether oxygens (including phenoxy) is 1. The second-order valence-electron chi connectivity index (χ2n) is 6.04. The van der Waals surface area contributed by atoms with Crippen LogP contribution in [0.5, 0.6) is 0 Å². The van der Waals surface area contributed by atoms with Crippen LogP contribution in [0, 0.1) is 11.8 Å². The van der Waals surface area contributed by atoms with Crippen molar-refractivity contribution in [1.82, 2.24) is 10.6 Å². The Morgan fingerprint density at radius 3 is 2.63 bits per heavy atom. The van der Waals surface area contributed by atoms with Gasteiger partial charge in [-0.1, -0.05) is 33.6 Å². The first-order valence-electron chi connectivity index (χ1n) is 7.66. The minimum absolute atomic E-state index is 0.0347. The molecule has 19 heavy (non-hydrogen) atoms. The van der Waals surface area contributed by atoms with E-state index in [4.69, 9.17) is 4.74 Å². The average Bonchev–Trinajstić information content (AvgIpc) is 2.77. The summed E-state index contributed by atoms with van der Waals surface area (Å²) in [5, 5.41) is 6.45. The van der Waals surface area contributed by atoms with Crippen LogP contribution >= 0.6 is 0 Å². The van der Waals surface area contributed by atoms with E-state index in [0.717, 1.165) is 18.9 Å². The van der Waals surface area contributed by atoms with Crippen molar-refractivity contribution < 1.29 is 9.53 Å². The fourth-order valence-corrected chi connectivity index (χ4v) is 2.53. The van der Waals surface area contributed by atoms with Crippen molar-refractivity contribution in [2.24, 2.45) is 11.8 Å². The minimum atomic E-state index is -0.0347. The van der Waals surface area contributed by atoms with Gasteiger partial charge in [-0.05, 0) is 25.8 Å². The van der Waals surface area contributed by atoms with Crippen LogP contribution in [0.4, 0.5) is 0 Å². The average molecular weight is 270 g/mol. The lowest BCUT2D eigenvalue weighted by Crippen LogP contribution is -2.46. The van der Waals surface area contributed by atoms with Crippen molar-refractivity contribution in [3.63, 3.8) is 0 Å². The van der Waals surface area contributed by atoms with Crippen LogP contribution < -0.4 is 10.6 Å². The minimum Gasteiger partial charge on any atom is -0.379 e. The van der Waals surface area contributed by atoms with Crippen LogP contribution in [-0.4, -0.2) is 37.7 Å². The summed E-state index contributed by atoms with van der Waals surface area (Å²) in [4.78, 5) is 12.2. The van der Waals surface area contributed by atoms with Crippen molar-refractivity contribution in [3.8, 4) is 0 Å². The van der Waals surface area contributed by atoms with Gasteiger partial charge in [0.2, 0.25) is 5.91 Å². The molecule has 0 bridgehead atoms. The SMILES string of the molecule is CCNC1COCC1C(=O)NC(C)CCCC(C)C. The highest BCUT2D eigenvalue weighted by atomic mass is 16.5. The molecule has 0 aromatic rings. The van der Waals surface area contributed by atoms with Gasteiger partial charge in [-0.3, -0.25) is 4.79 Å². The Hall–Kier alpha value is -0.610. The van der Waals surface area contributed by atoms with Gasteiger partial charge < -0.3 is 15.4 Å². The maximum atomic E-state index is 12.2. The zero-order valence-corrected chi connectivity index (χ0v) is 12.9. The van der Waals surface area contributed by atoms with E-state index in [1.54, 1.807) is 0 Å². The summed E-state index contributed by atoms with van der Waals surface area (Å²) in [5.41, 5.74) is 0. The number of amides is 1. The molecule has 3 unspecified atom stereocenters. The molecule has 1 saturated heterocycles. The highest BCUT2D eigenvalue weighted by molar-refractivity contribution is 5.80. The summed E-state index contributed by atoms with van der Waals surface area (Å²) in [6.07, 6.45) is 3.47. The zero-order chi connectivity index (χ0) is 14.3. The molecular weight excluding hydrogens is 240 g/mol. The van der Waals surface area contributed by atoms with Gasteiger partial charge in [0.15, 0.2) is 0 Å². The predicted octanol–water partition coefficient (Wildman–Crippen LogP) is 1.94. The highest BCUT2D eigenvalue weighted by Crippen LogP contribution is 2.15. The predicted molar refractivity (Wildman–Crippen MR) is 78.1 cm³/mol. The van der Waals surface area contributed by atoms with Crippen molar-refractivity contribution >= 4 is 5.91 Å². The third-order valence-corrected chi connectivity index (χ3v) is 3.69. The largest absolute Gasteiger partial charge is 0.379 e. The van der Waals surface area contributed by atoms with Crippen LogP contribution in [0.25, 0.3) is 0 Å². The molecule has 2 N–H and O–H groups in total. The van der Waals surface area contributed by atoms with Crippen molar-refractivity contribution in [2.75, 3.05) is 19.8 Å². The van der Waals surface area contributed by atoms with Gasteiger partial charge in [0.25, 0.3) is 0 Å². The van der Waals surface area contributed by atoms with Crippen LogP contribution in [0.2, 0.25) is 0 Å². The van der Waals surface area contributed by atoms with E-state index in [-0.39, 0.29) is 23.9 Å². The summed E-state index contributed by atoms with van der Waals surface area (Å²) in [5.74, 6) is 0.845. The standard InChI is InChI=1S/C15H30N2O2/c1-5-16-14-10-19-9-13(14)15(18)17-12(4)8-6-7-11(2)3/h11-14,16H,5-10H2,1-4H3,(H,17,18). The zero-order valence-electron chi connectivity index (χ0n) is 12.9. The molecule has 0 saturated carbocycles. The lowest BCUT2D eigenvalue weighted by Gasteiger charge is -2.21. The monoisotopic (exact) mass is 270 g/mol. The molecule has 0 aromatic carbocycles. The topological polar surface area (TPSA) is 50.4 Å². The van der Waals surface area contributed by atoms with Crippen LogP contribution in [0.15, 0.2) is 0 Å². The Balaban J connectivity index is 2.29. The number of hydrogen-bond acceptors (Lipinski definition) is 3. The molecular formula is C15H30N2O2. The van der Waals surface area contributed by atoms with Gasteiger partial charge in [0.1, 0.15) is 0 Å². The van der Waals surface area contributed by atoms with E-state index in [2.05, 4.69) is 38.3 Å². The van der Waals surface area contributed by atoms with Crippen molar-refractivity contribution in [3.05, 3.63) is 0 Å². The number of likely N-dealkylation sites (N-methyl/N-ethyl adjacent to an activating group) is 1. The van der Waals surface area contributed by atoms with Gasteiger partial charge in [-0.25, -0.2) is 0 Å². The summed E-state index contributed by atoms with van der Waals surface area (Å²) < 4.78 is 5.41. The molecule has 1 heterocycles. The molecule has 0 radical (unpaired) electrons. The normalized spacial score (nSPS) is 24.7. The molecule has 0 aromatic heterocycles. The first-order chi connectivity index (χ1) is 9.04. The molecule has 4 heteroatoms. The number of hydrogen-bond donors (Lipinski definition) is 2. The Morgan fingerprint density at radius 1 is 1.26 bits per heavy atom. The maximum Gasteiger partial charge on any atom is 0.227 e. The van der Waals surface area contributed by atoms with Gasteiger partial charge in [-0.15, -0.1) is 0 Å². The summed E-state index contributed by atoms with van der Waals surface area (Å²) >= 11 is 0. The fraction of sp³-hybridized carbons (Fsp3) is 0.933. The van der Waals surface area contributed by atoms with E-state index >= 15 is 0 Å². The second kappa shape index (κ2) is 8.54. The summed E-state index contributed by atoms with van der Waals surface area (Å²) in [6.45, 7) is 10.7. The van der Waals surface area contributed by atoms with E-state index < -0.39 is 0 Å². The number of carbonyl (C=O) groups is 1. The first-order valence-corrected chi connectivity index (χ1v) is 7.66. The molecule has 1 amide bonds. The summed E-state index contributed by atoms with van der Waals surface area (Å²) in [6, 6.07) is 0.432. The molecule has 112 valence electrons. The lowest BCUT2D eigenvalue weighted by molar-refractivity contribution is -0.126. The van der Waals surface area contributed by atoms with E-state index in [1.807, 2.05) is 0 Å². The molecule has 1 aliphatic heterocycles. The quantitative estimate of drug-likeness (QED) is 0.709. The molecule has 1 rings (SSSR count). The molecule has 1 aliphatic rings. The molecule has 4 nitrogen and oxygen atoms in total. The van der Waals surface area contributed by atoms with Gasteiger partial charge >= 0.3 is 0 Å². The second-order valence-corrected chi connectivity index (χ2v) is 6.04. The number of carbonyl (C=O) groups excluding carboxylic acids is 1. The smallest absolute Gasteiger partial charge is 0.227 e. The Morgan fingerprint density at radius 2 is 2.00 bits per heavy atom. The fourth-order valence-electron chi connectivity index (χ4n) is 2.53. The number of rotatable bonds is 8. The Bertz CT molecular complexity index is 269. The van der Waals surface area contributed by atoms with Crippen LogP contribution in [-0.2, 0) is 9.53 Å². The third-order valence-electron chi connectivity index (χ3n) is 3.69. The third kappa shape index (κ3) is 5.91. The molecule has 0 spiro atoms. The summed E-state index contributed by atoms with van der Waals surface area (Å²) in [7, 11) is 0. The van der Waals surface area contributed by atoms with Gasteiger partial charge in [0, 0.05) is 12.1 Å². The molecule has 0 aliphatic carbocycles. The van der Waals surface area contributed by atoms with Gasteiger partial charge in [0.05, 0.1) is 19.1 Å². The van der Waals surface area contributed by atoms with E-state index in [0.29, 0.717) is 13.2 Å². The highest BCUT2D eigenvalue weighted by Gasteiger charge is 2.33. The van der Waals surface area contributed by atoms with Gasteiger partial charge in [-0.2, -0.15) is 0 Å². The van der Waals surface area contributed by atoms with Crippen LogP contribution in [0.1, 0.15) is 47.0 Å². The van der Waals surface area contributed by atoms with Crippen LogP contribution in [0.3, 0.4) is 0 Å². The van der Waals surface area contributed by atoms with Crippen molar-refractivity contribution in [1.29, 1.82) is 0 Å². The Kier molecular flexibility index (Phi) is 7.39. The molecule has 1 fully saturated rings.